The lowest BCUT2D eigenvalue weighted by atomic mass is 10.0. The average molecular weight is 245 g/mol. The monoisotopic (exact) mass is 245 g/mol. The van der Waals surface area contributed by atoms with E-state index in [1.165, 1.54) is 30.5 Å². The molecule has 3 nitrogen and oxygen atoms in total. The van der Waals surface area contributed by atoms with E-state index in [1.807, 2.05) is 12.4 Å². The lowest BCUT2D eigenvalue weighted by Crippen LogP contribution is -2.57. The van der Waals surface area contributed by atoms with Crippen LogP contribution in [0.3, 0.4) is 0 Å². The second-order valence-corrected chi connectivity index (χ2v) is 5.73. The maximum Gasteiger partial charge on any atom is 0.0585 e. The van der Waals surface area contributed by atoms with E-state index in [0.717, 1.165) is 19.0 Å². The molecular formula is C15H23N3. The van der Waals surface area contributed by atoms with E-state index < -0.39 is 0 Å². The number of nitrogens with one attached hydrogen (secondary N) is 1. The first kappa shape index (κ1) is 12.0. The van der Waals surface area contributed by atoms with Gasteiger partial charge in [0.1, 0.15) is 0 Å². The van der Waals surface area contributed by atoms with Crippen molar-refractivity contribution in [1.29, 1.82) is 0 Å². The van der Waals surface area contributed by atoms with Gasteiger partial charge < -0.3 is 10.2 Å². The Bertz CT molecular complexity index is 414. The molecule has 1 N–H and O–H groups in total. The van der Waals surface area contributed by atoms with Gasteiger partial charge in [0.15, 0.2) is 0 Å². The molecule has 3 heteroatoms. The van der Waals surface area contributed by atoms with Crippen LogP contribution in [0, 0.1) is 12.8 Å². The molecule has 2 heterocycles. The summed E-state index contributed by atoms with van der Waals surface area (Å²) < 4.78 is 0. The van der Waals surface area contributed by atoms with Crippen molar-refractivity contribution in [3.8, 4) is 0 Å². The maximum absolute atomic E-state index is 4.31. The molecule has 1 aliphatic heterocycles. The highest BCUT2D eigenvalue weighted by atomic mass is 15.2. The van der Waals surface area contributed by atoms with Gasteiger partial charge >= 0.3 is 0 Å². The Morgan fingerprint density at radius 3 is 2.94 bits per heavy atom. The number of nitrogens with zero attached hydrogens (tertiary/aromatic N) is 2. The van der Waals surface area contributed by atoms with E-state index in [1.54, 1.807) is 0 Å². The zero-order chi connectivity index (χ0) is 12.5. The van der Waals surface area contributed by atoms with Crippen LogP contribution in [0.4, 0.5) is 5.69 Å². The van der Waals surface area contributed by atoms with E-state index >= 15 is 0 Å². The fraction of sp³-hybridized carbons (Fsp3) is 0.667. The Labute approximate surface area is 110 Å². The Morgan fingerprint density at radius 1 is 1.44 bits per heavy atom. The molecule has 0 bridgehead atoms. The first-order chi connectivity index (χ1) is 8.79. The van der Waals surface area contributed by atoms with Crippen molar-refractivity contribution in [2.75, 3.05) is 18.0 Å². The number of pyridine rings is 1. The molecule has 0 amide bonds. The van der Waals surface area contributed by atoms with Crippen LogP contribution in [0.15, 0.2) is 18.5 Å². The summed E-state index contributed by atoms with van der Waals surface area (Å²) in [5, 5.41) is 3.74. The van der Waals surface area contributed by atoms with E-state index in [0.29, 0.717) is 12.1 Å². The quantitative estimate of drug-likeness (QED) is 0.886. The standard InChI is InChI=1S/C15H23N3/c1-3-13-8-17-14(12-4-5-12)10-18(13)15-9-16-7-6-11(15)2/h6-7,9,12-14,17H,3-5,8,10H2,1-2H3. The highest BCUT2D eigenvalue weighted by molar-refractivity contribution is 5.52. The second-order valence-electron chi connectivity index (χ2n) is 5.73. The van der Waals surface area contributed by atoms with E-state index in [4.69, 9.17) is 0 Å². The normalized spacial score (nSPS) is 28.4. The van der Waals surface area contributed by atoms with Gasteiger partial charge in [-0.3, -0.25) is 4.98 Å². The highest BCUT2D eigenvalue weighted by Gasteiger charge is 2.37. The lowest BCUT2D eigenvalue weighted by molar-refractivity contribution is 0.359. The van der Waals surface area contributed by atoms with Gasteiger partial charge in [0.25, 0.3) is 0 Å². The largest absolute Gasteiger partial charge is 0.364 e. The van der Waals surface area contributed by atoms with Gasteiger partial charge in [0.2, 0.25) is 0 Å². The fourth-order valence-electron chi connectivity index (χ4n) is 3.05. The highest BCUT2D eigenvalue weighted by Crippen LogP contribution is 2.35. The summed E-state index contributed by atoms with van der Waals surface area (Å²) in [6.07, 6.45) is 7.94. The average Bonchev–Trinajstić information content (AvgIpc) is 3.23. The first-order valence-corrected chi connectivity index (χ1v) is 7.20. The van der Waals surface area contributed by atoms with Crippen molar-refractivity contribution in [3.63, 3.8) is 0 Å². The number of rotatable bonds is 3. The molecule has 0 radical (unpaired) electrons. The van der Waals surface area contributed by atoms with Crippen molar-refractivity contribution < 1.29 is 0 Å². The van der Waals surface area contributed by atoms with Gasteiger partial charge in [-0.25, -0.2) is 0 Å². The van der Waals surface area contributed by atoms with Gasteiger partial charge in [0, 0.05) is 31.4 Å². The number of aromatic nitrogens is 1. The van der Waals surface area contributed by atoms with Gasteiger partial charge in [-0.1, -0.05) is 6.92 Å². The number of piperazine rings is 1. The predicted molar refractivity (Wildman–Crippen MR) is 74.9 cm³/mol. The molecule has 98 valence electrons. The third-order valence-electron chi connectivity index (χ3n) is 4.43. The van der Waals surface area contributed by atoms with Gasteiger partial charge in [0.05, 0.1) is 11.9 Å². The summed E-state index contributed by atoms with van der Waals surface area (Å²) >= 11 is 0. The summed E-state index contributed by atoms with van der Waals surface area (Å²) in [4.78, 5) is 6.90. The van der Waals surface area contributed by atoms with Crippen LogP contribution in [0.25, 0.3) is 0 Å². The third kappa shape index (κ3) is 2.24. The van der Waals surface area contributed by atoms with Crippen molar-refractivity contribution in [2.45, 2.75) is 45.2 Å². The molecule has 2 aliphatic rings. The molecule has 0 spiro atoms. The predicted octanol–water partition coefficient (Wildman–Crippen LogP) is 2.36. The van der Waals surface area contributed by atoms with Crippen LogP contribution in [-0.4, -0.2) is 30.2 Å². The Kier molecular flexibility index (Phi) is 3.25. The SMILES string of the molecule is CCC1CNC(C2CC2)CN1c1cnccc1C. The molecule has 1 aliphatic carbocycles. The molecule has 1 aromatic heterocycles. The van der Waals surface area contributed by atoms with Crippen molar-refractivity contribution in [1.82, 2.24) is 10.3 Å². The summed E-state index contributed by atoms with van der Waals surface area (Å²) in [6.45, 7) is 6.74. The molecular weight excluding hydrogens is 222 g/mol. The third-order valence-corrected chi connectivity index (χ3v) is 4.43. The molecule has 0 aromatic carbocycles. The van der Waals surface area contributed by atoms with Crippen LogP contribution in [-0.2, 0) is 0 Å². The maximum atomic E-state index is 4.31. The van der Waals surface area contributed by atoms with Crippen molar-refractivity contribution in [3.05, 3.63) is 24.0 Å². The zero-order valence-electron chi connectivity index (χ0n) is 11.4. The van der Waals surface area contributed by atoms with Crippen LogP contribution < -0.4 is 10.2 Å². The van der Waals surface area contributed by atoms with E-state index in [2.05, 4.69) is 35.1 Å². The van der Waals surface area contributed by atoms with Gasteiger partial charge in [-0.05, 0) is 43.7 Å². The minimum Gasteiger partial charge on any atom is -0.364 e. The van der Waals surface area contributed by atoms with Crippen LogP contribution in [0.2, 0.25) is 0 Å². The van der Waals surface area contributed by atoms with Crippen LogP contribution in [0.5, 0.6) is 0 Å². The number of hydrogen-bond donors (Lipinski definition) is 1. The Morgan fingerprint density at radius 2 is 2.28 bits per heavy atom. The zero-order valence-corrected chi connectivity index (χ0v) is 11.4. The minimum absolute atomic E-state index is 0.614. The number of anilines is 1. The minimum atomic E-state index is 0.614. The van der Waals surface area contributed by atoms with Crippen molar-refractivity contribution >= 4 is 5.69 Å². The molecule has 18 heavy (non-hydrogen) atoms. The molecule has 2 atom stereocenters. The molecule has 1 aromatic rings. The summed E-state index contributed by atoms with van der Waals surface area (Å²) in [5.41, 5.74) is 2.68. The smallest absolute Gasteiger partial charge is 0.0585 e. The lowest BCUT2D eigenvalue weighted by Gasteiger charge is -2.42. The fourth-order valence-corrected chi connectivity index (χ4v) is 3.05. The number of aryl methyl sites for hydroxylation is 1. The molecule has 2 fully saturated rings. The van der Waals surface area contributed by atoms with Crippen molar-refractivity contribution in [2.24, 2.45) is 5.92 Å². The Hall–Kier alpha value is -1.09. The number of hydrogen-bond acceptors (Lipinski definition) is 3. The van der Waals surface area contributed by atoms with Crippen LogP contribution in [0.1, 0.15) is 31.7 Å². The summed E-state index contributed by atoms with van der Waals surface area (Å²) in [5.74, 6) is 0.919. The van der Waals surface area contributed by atoms with Gasteiger partial charge in [-0.2, -0.15) is 0 Å². The molecule has 1 saturated carbocycles. The molecule has 2 unspecified atom stereocenters. The Balaban J connectivity index is 1.83. The second kappa shape index (κ2) is 4.88. The van der Waals surface area contributed by atoms with E-state index in [-0.39, 0.29) is 0 Å². The summed E-state index contributed by atoms with van der Waals surface area (Å²) in [6, 6.07) is 3.42. The van der Waals surface area contributed by atoms with Crippen LogP contribution >= 0.6 is 0 Å². The molecule has 3 rings (SSSR count). The first-order valence-electron chi connectivity index (χ1n) is 7.20. The van der Waals surface area contributed by atoms with E-state index in [9.17, 15) is 0 Å². The van der Waals surface area contributed by atoms with Gasteiger partial charge in [-0.15, -0.1) is 0 Å². The summed E-state index contributed by atoms with van der Waals surface area (Å²) in [7, 11) is 0. The molecule has 1 saturated heterocycles. The topological polar surface area (TPSA) is 28.2 Å².